The Hall–Kier alpha value is -1.52. The number of hydrogen-bond donors (Lipinski definition) is 1. The molecule has 1 aliphatic heterocycles. The molecule has 0 spiro atoms. The van der Waals surface area contributed by atoms with Gasteiger partial charge in [0.1, 0.15) is 0 Å². The Morgan fingerprint density at radius 1 is 1.56 bits per heavy atom. The maximum atomic E-state index is 11.5. The van der Waals surface area contributed by atoms with Crippen LogP contribution >= 0.6 is 0 Å². The van der Waals surface area contributed by atoms with Crippen LogP contribution in [0.5, 0.6) is 0 Å². The maximum absolute atomic E-state index is 11.5. The molecule has 0 aromatic rings. The molecular formula is C11H17NO4. The van der Waals surface area contributed by atoms with E-state index in [0.717, 1.165) is 12.8 Å². The molecule has 5 heteroatoms. The molecule has 5 nitrogen and oxygen atoms in total. The van der Waals surface area contributed by atoms with Crippen molar-refractivity contribution in [1.82, 2.24) is 4.90 Å². The average Bonchev–Trinajstić information content (AvgIpc) is 2.29. The number of carbonyl (C=O) groups excluding carboxylic acids is 1. The van der Waals surface area contributed by atoms with Crippen LogP contribution in [-0.2, 0) is 9.53 Å². The van der Waals surface area contributed by atoms with Gasteiger partial charge in [-0.25, -0.2) is 9.59 Å². The van der Waals surface area contributed by atoms with Gasteiger partial charge in [-0.05, 0) is 12.8 Å². The number of rotatable bonds is 4. The summed E-state index contributed by atoms with van der Waals surface area (Å²) in [7, 11) is 0. The summed E-state index contributed by atoms with van der Waals surface area (Å²) in [6.45, 7) is 3.08. The standard InChI is InChI=1S/C11H17NO4/c1-2-3-7-16-11(15)12-6-4-5-9(8-12)10(13)14/h5H,2-4,6-8H2,1H3,(H,13,14). The molecule has 1 aliphatic rings. The second-order valence-corrected chi connectivity index (χ2v) is 3.71. The molecule has 0 bridgehead atoms. The van der Waals surface area contributed by atoms with Gasteiger partial charge >= 0.3 is 12.1 Å². The molecule has 0 radical (unpaired) electrons. The molecule has 0 fully saturated rings. The van der Waals surface area contributed by atoms with Crippen molar-refractivity contribution in [3.8, 4) is 0 Å². The van der Waals surface area contributed by atoms with Gasteiger partial charge in [0.05, 0.1) is 18.7 Å². The Morgan fingerprint density at radius 2 is 2.31 bits per heavy atom. The fourth-order valence-electron chi connectivity index (χ4n) is 1.45. The van der Waals surface area contributed by atoms with Crippen LogP contribution in [0.25, 0.3) is 0 Å². The van der Waals surface area contributed by atoms with E-state index in [2.05, 4.69) is 0 Å². The van der Waals surface area contributed by atoms with Gasteiger partial charge in [0.2, 0.25) is 0 Å². The lowest BCUT2D eigenvalue weighted by Gasteiger charge is -2.25. The second kappa shape index (κ2) is 6.15. The third kappa shape index (κ3) is 3.56. The first-order valence-corrected chi connectivity index (χ1v) is 5.49. The predicted molar refractivity (Wildman–Crippen MR) is 58.2 cm³/mol. The van der Waals surface area contributed by atoms with Crippen molar-refractivity contribution in [2.45, 2.75) is 26.2 Å². The molecule has 0 aromatic carbocycles. The van der Waals surface area contributed by atoms with Gasteiger partial charge in [-0.2, -0.15) is 0 Å². The highest BCUT2D eigenvalue weighted by atomic mass is 16.6. The van der Waals surface area contributed by atoms with Crippen LogP contribution in [-0.4, -0.2) is 41.8 Å². The molecule has 0 aliphatic carbocycles. The van der Waals surface area contributed by atoms with Gasteiger partial charge in [-0.1, -0.05) is 19.4 Å². The molecule has 1 heterocycles. The molecule has 0 aromatic heterocycles. The van der Waals surface area contributed by atoms with Crippen molar-refractivity contribution in [2.24, 2.45) is 0 Å². The molecular weight excluding hydrogens is 210 g/mol. The van der Waals surface area contributed by atoms with Crippen LogP contribution in [0.2, 0.25) is 0 Å². The Morgan fingerprint density at radius 3 is 2.94 bits per heavy atom. The Balaban J connectivity index is 2.41. The van der Waals surface area contributed by atoms with Gasteiger partial charge in [0.15, 0.2) is 0 Å². The molecule has 1 amide bonds. The van der Waals surface area contributed by atoms with Crippen LogP contribution in [0.4, 0.5) is 4.79 Å². The minimum absolute atomic E-state index is 0.139. The highest BCUT2D eigenvalue weighted by Crippen LogP contribution is 2.11. The van der Waals surface area contributed by atoms with E-state index in [-0.39, 0.29) is 12.1 Å². The summed E-state index contributed by atoms with van der Waals surface area (Å²) < 4.78 is 5.02. The molecule has 0 saturated carbocycles. The van der Waals surface area contributed by atoms with E-state index in [9.17, 15) is 9.59 Å². The number of carboxylic acids is 1. The van der Waals surface area contributed by atoms with Gasteiger partial charge < -0.3 is 14.7 Å². The summed E-state index contributed by atoms with van der Waals surface area (Å²) in [5, 5.41) is 8.80. The van der Waals surface area contributed by atoms with Crippen LogP contribution < -0.4 is 0 Å². The van der Waals surface area contributed by atoms with Gasteiger partial charge in [0.25, 0.3) is 0 Å². The van der Waals surface area contributed by atoms with E-state index in [1.54, 1.807) is 6.08 Å². The summed E-state index contributed by atoms with van der Waals surface area (Å²) in [6.07, 6.45) is 3.61. The number of hydrogen-bond acceptors (Lipinski definition) is 3. The van der Waals surface area contributed by atoms with Crippen molar-refractivity contribution in [3.05, 3.63) is 11.6 Å². The topological polar surface area (TPSA) is 66.8 Å². The molecule has 1 rings (SSSR count). The first-order valence-electron chi connectivity index (χ1n) is 5.49. The molecule has 16 heavy (non-hydrogen) atoms. The lowest BCUT2D eigenvalue weighted by molar-refractivity contribution is -0.133. The van der Waals surface area contributed by atoms with Gasteiger partial charge in [0, 0.05) is 6.54 Å². The zero-order valence-corrected chi connectivity index (χ0v) is 9.44. The van der Waals surface area contributed by atoms with Crippen LogP contribution in [0.1, 0.15) is 26.2 Å². The SMILES string of the molecule is CCCCOC(=O)N1CCC=C(C(=O)O)C1. The number of aliphatic carboxylic acids is 1. The zero-order chi connectivity index (χ0) is 12.0. The Bertz CT molecular complexity index is 298. The number of nitrogens with zero attached hydrogens (tertiary/aromatic N) is 1. The molecule has 0 saturated heterocycles. The maximum Gasteiger partial charge on any atom is 0.410 e. The van der Waals surface area contributed by atoms with Crippen LogP contribution in [0, 0.1) is 0 Å². The highest BCUT2D eigenvalue weighted by molar-refractivity contribution is 5.88. The monoisotopic (exact) mass is 227 g/mol. The Labute approximate surface area is 94.7 Å². The normalized spacial score (nSPS) is 15.6. The molecule has 0 atom stereocenters. The van der Waals surface area contributed by atoms with Crippen molar-refractivity contribution >= 4 is 12.1 Å². The lowest BCUT2D eigenvalue weighted by Crippen LogP contribution is -2.37. The first kappa shape index (κ1) is 12.5. The van der Waals surface area contributed by atoms with Crippen LogP contribution in [0.3, 0.4) is 0 Å². The van der Waals surface area contributed by atoms with E-state index < -0.39 is 12.1 Å². The summed E-state index contributed by atoms with van der Waals surface area (Å²) in [6, 6.07) is 0. The van der Waals surface area contributed by atoms with Gasteiger partial charge in [-0.15, -0.1) is 0 Å². The number of unbranched alkanes of at least 4 members (excludes halogenated alkanes) is 1. The average molecular weight is 227 g/mol. The van der Waals surface area contributed by atoms with Gasteiger partial charge in [-0.3, -0.25) is 0 Å². The smallest absolute Gasteiger partial charge is 0.410 e. The van der Waals surface area contributed by atoms with Crippen molar-refractivity contribution in [1.29, 1.82) is 0 Å². The zero-order valence-electron chi connectivity index (χ0n) is 9.44. The van der Waals surface area contributed by atoms with E-state index in [1.807, 2.05) is 6.92 Å². The third-order valence-corrected chi connectivity index (χ3v) is 2.41. The minimum atomic E-state index is -0.967. The third-order valence-electron chi connectivity index (χ3n) is 2.41. The van der Waals surface area contributed by atoms with E-state index in [0.29, 0.717) is 19.6 Å². The van der Waals surface area contributed by atoms with E-state index in [4.69, 9.17) is 9.84 Å². The molecule has 90 valence electrons. The summed E-state index contributed by atoms with van der Waals surface area (Å²) in [4.78, 5) is 23.7. The van der Waals surface area contributed by atoms with Crippen molar-refractivity contribution in [3.63, 3.8) is 0 Å². The van der Waals surface area contributed by atoms with E-state index >= 15 is 0 Å². The Kier molecular flexibility index (Phi) is 4.82. The summed E-state index contributed by atoms with van der Waals surface area (Å²) >= 11 is 0. The quantitative estimate of drug-likeness (QED) is 0.741. The highest BCUT2D eigenvalue weighted by Gasteiger charge is 2.22. The van der Waals surface area contributed by atoms with E-state index in [1.165, 1.54) is 4.90 Å². The molecule has 1 N–H and O–H groups in total. The van der Waals surface area contributed by atoms with Crippen molar-refractivity contribution < 1.29 is 19.4 Å². The number of carboxylic acid groups (broad SMARTS) is 1. The predicted octanol–water partition coefficient (Wildman–Crippen LogP) is 1.64. The van der Waals surface area contributed by atoms with Crippen molar-refractivity contribution in [2.75, 3.05) is 19.7 Å². The number of carbonyl (C=O) groups is 2. The fraction of sp³-hybridized carbons (Fsp3) is 0.636. The fourth-order valence-corrected chi connectivity index (χ4v) is 1.45. The molecule has 0 unspecified atom stereocenters. The number of amides is 1. The largest absolute Gasteiger partial charge is 0.478 e. The summed E-state index contributed by atoms with van der Waals surface area (Å²) in [5.41, 5.74) is 0.263. The first-order chi connectivity index (χ1) is 7.65. The van der Waals surface area contributed by atoms with Crippen LogP contribution in [0.15, 0.2) is 11.6 Å². The second-order valence-electron chi connectivity index (χ2n) is 3.71. The minimum Gasteiger partial charge on any atom is -0.478 e. The summed E-state index contributed by atoms with van der Waals surface area (Å²) in [5.74, 6) is -0.967. The number of ether oxygens (including phenoxy) is 1. The lowest BCUT2D eigenvalue weighted by atomic mass is 10.1.